The molecule has 0 radical (unpaired) electrons. The van der Waals surface area contributed by atoms with Gasteiger partial charge in [0.25, 0.3) is 0 Å². The topological polar surface area (TPSA) is 41.1 Å². The molecule has 2 heterocycles. The van der Waals surface area contributed by atoms with Crippen molar-refractivity contribution >= 4 is 22.9 Å². The molecule has 20 heavy (non-hydrogen) atoms. The standard InChI is InChI=1S/C16H18N2OS/c1-16(2)11-9-10(6-7-12(11)18-15(16)19)14(17-3)13-5-4-8-20-13/h4-9,14,17H,1-3H3,(H,18,19). The molecule has 0 saturated heterocycles. The Balaban J connectivity index is 2.05. The Morgan fingerprint density at radius 2 is 2.10 bits per heavy atom. The highest BCUT2D eigenvalue weighted by Crippen LogP contribution is 2.39. The van der Waals surface area contributed by atoms with Crippen molar-refractivity contribution in [2.24, 2.45) is 0 Å². The summed E-state index contributed by atoms with van der Waals surface area (Å²) in [4.78, 5) is 13.3. The van der Waals surface area contributed by atoms with Crippen molar-refractivity contribution in [1.82, 2.24) is 5.32 Å². The van der Waals surface area contributed by atoms with Crippen molar-refractivity contribution in [3.05, 3.63) is 51.7 Å². The van der Waals surface area contributed by atoms with Crippen LogP contribution in [0, 0.1) is 0 Å². The third-order valence-corrected chi connectivity index (χ3v) is 4.92. The molecule has 4 heteroatoms. The normalized spacial score (nSPS) is 17.6. The van der Waals surface area contributed by atoms with Gasteiger partial charge in [0.2, 0.25) is 5.91 Å². The van der Waals surface area contributed by atoms with Gasteiger partial charge in [-0.2, -0.15) is 0 Å². The summed E-state index contributed by atoms with van der Waals surface area (Å²) >= 11 is 1.74. The summed E-state index contributed by atoms with van der Waals surface area (Å²) in [6.45, 7) is 3.94. The van der Waals surface area contributed by atoms with Crippen LogP contribution in [0.15, 0.2) is 35.7 Å². The van der Waals surface area contributed by atoms with Crippen LogP contribution in [0.3, 0.4) is 0 Å². The predicted octanol–water partition coefficient (Wildman–Crippen LogP) is 3.29. The molecule has 1 atom stereocenters. The first-order valence-electron chi connectivity index (χ1n) is 6.70. The number of amides is 1. The lowest BCUT2D eigenvalue weighted by molar-refractivity contribution is -0.119. The van der Waals surface area contributed by atoms with Gasteiger partial charge < -0.3 is 10.6 Å². The molecule has 0 saturated carbocycles. The zero-order valence-electron chi connectivity index (χ0n) is 11.9. The Hall–Kier alpha value is -1.65. The monoisotopic (exact) mass is 286 g/mol. The zero-order valence-corrected chi connectivity index (χ0v) is 12.7. The second kappa shape index (κ2) is 4.72. The van der Waals surface area contributed by atoms with Crippen molar-refractivity contribution in [2.45, 2.75) is 25.3 Å². The Morgan fingerprint density at radius 1 is 1.30 bits per heavy atom. The van der Waals surface area contributed by atoms with Crippen LogP contribution in [0.25, 0.3) is 0 Å². The van der Waals surface area contributed by atoms with E-state index in [-0.39, 0.29) is 11.9 Å². The van der Waals surface area contributed by atoms with E-state index in [4.69, 9.17) is 0 Å². The molecule has 2 aromatic rings. The van der Waals surface area contributed by atoms with E-state index in [9.17, 15) is 4.79 Å². The van der Waals surface area contributed by atoms with Gasteiger partial charge in [-0.05, 0) is 49.5 Å². The van der Waals surface area contributed by atoms with Gasteiger partial charge >= 0.3 is 0 Å². The van der Waals surface area contributed by atoms with E-state index >= 15 is 0 Å². The molecule has 1 aliphatic heterocycles. The molecule has 1 aromatic heterocycles. The number of carbonyl (C=O) groups is 1. The van der Waals surface area contributed by atoms with E-state index < -0.39 is 5.41 Å². The Morgan fingerprint density at radius 3 is 2.75 bits per heavy atom. The fourth-order valence-electron chi connectivity index (χ4n) is 2.70. The van der Waals surface area contributed by atoms with E-state index in [1.54, 1.807) is 11.3 Å². The third kappa shape index (κ3) is 1.96. The van der Waals surface area contributed by atoms with Crippen LogP contribution in [-0.2, 0) is 10.2 Å². The summed E-state index contributed by atoms with van der Waals surface area (Å²) in [7, 11) is 1.96. The molecule has 0 aliphatic carbocycles. The van der Waals surface area contributed by atoms with Crippen molar-refractivity contribution in [2.75, 3.05) is 12.4 Å². The number of hydrogen-bond acceptors (Lipinski definition) is 3. The van der Waals surface area contributed by atoms with Crippen LogP contribution in [0.2, 0.25) is 0 Å². The molecule has 0 bridgehead atoms. The number of carbonyl (C=O) groups excluding carboxylic acids is 1. The van der Waals surface area contributed by atoms with Gasteiger partial charge in [0.15, 0.2) is 0 Å². The second-order valence-electron chi connectivity index (χ2n) is 5.62. The first-order chi connectivity index (χ1) is 9.54. The van der Waals surface area contributed by atoms with Gasteiger partial charge in [-0.3, -0.25) is 4.79 Å². The summed E-state index contributed by atoms with van der Waals surface area (Å²) in [5.74, 6) is 0.0711. The molecule has 1 aromatic carbocycles. The Kier molecular flexibility index (Phi) is 3.15. The van der Waals surface area contributed by atoms with Gasteiger partial charge in [-0.15, -0.1) is 11.3 Å². The minimum Gasteiger partial charge on any atom is -0.325 e. The number of thiophene rings is 1. The highest BCUT2D eigenvalue weighted by Gasteiger charge is 2.38. The minimum atomic E-state index is -0.459. The molecule has 3 nitrogen and oxygen atoms in total. The number of fused-ring (bicyclic) bond motifs is 1. The number of nitrogens with one attached hydrogen (secondary N) is 2. The molecule has 0 fully saturated rings. The van der Waals surface area contributed by atoms with Crippen molar-refractivity contribution in [3.63, 3.8) is 0 Å². The molecule has 104 valence electrons. The molecular weight excluding hydrogens is 268 g/mol. The smallest absolute Gasteiger partial charge is 0.234 e. The largest absolute Gasteiger partial charge is 0.325 e. The number of rotatable bonds is 3. The SMILES string of the molecule is CNC(c1ccc2c(c1)C(C)(C)C(=O)N2)c1cccs1. The molecule has 1 aliphatic rings. The summed E-state index contributed by atoms with van der Waals surface area (Å²) < 4.78 is 0. The summed E-state index contributed by atoms with van der Waals surface area (Å²) in [6, 6.07) is 10.6. The van der Waals surface area contributed by atoms with Gasteiger partial charge in [0, 0.05) is 10.6 Å². The number of anilines is 1. The van der Waals surface area contributed by atoms with Gasteiger partial charge in [-0.1, -0.05) is 18.2 Å². The lowest BCUT2D eigenvalue weighted by atomic mass is 9.84. The van der Waals surface area contributed by atoms with E-state index in [0.717, 1.165) is 11.3 Å². The fraction of sp³-hybridized carbons (Fsp3) is 0.312. The summed E-state index contributed by atoms with van der Waals surface area (Å²) in [5, 5.41) is 8.39. The van der Waals surface area contributed by atoms with E-state index in [1.165, 1.54) is 10.4 Å². The summed E-state index contributed by atoms with van der Waals surface area (Å²) in [5.41, 5.74) is 2.75. The first-order valence-corrected chi connectivity index (χ1v) is 7.58. The highest BCUT2D eigenvalue weighted by atomic mass is 32.1. The van der Waals surface area contributed by atoms with E-state index in [2.05, 4.69) is 40.3 Å². The van der Waals surface area contributed by atoms with Crippen molar-refractivity contribution in [1.29, 1.82) is 0 Å². The maximum absolute atomic E-state index is 12.0. The van der Waals surface area contributed by atoms with Crippen LogP contribution < -0.4 is 10.6 Å². The molecule has 2 N–H and O–H groups in total. The minimum absolute atomic E-state index is 0.0711. The quantitative estimate of drug-likeness (QED) is 0.909. The Labute approximate surface area is 123 Å². The summed E-state index contributed by atoms with van der Waals surface area (Å²) in [6.07, 6.45) is 0. The fourth-order valence-corrected chi connectivity index (χ4v) is 3.56. The molecule has 0 spiro atoms. The first kappa shape index (κ1) is 13.3. The molecule has 3 rings (SSSR count). The Bertz CT molecular complexity index is 647. The highest BCUT2D eigenvalue weighted by molar-refractivity contribution is 7.10. The van der Waals surface area contributed by atoms with Crippen molar-refractivity contribution < 1.29 is 4.79 Å². The van der Waals surface area contributed by atoms with Gasteiger partial charge in [0.1, 0.15) is 0 Å². The van der Waals surface area contributed by atoms with Crippen LogP contribution >= 0.6 is 11.3 Å². The molecule has 1 unspecified atom stereocenters. The zero-order chi connectivity index (χ0) is 14.3. The molecule has 1 amide bonds. The van der Waals surface area contributed by atoms with E-state index in [0.29, 0.717) is 0 Å². The number of benzene rings is 1. The number of hydrogen-bond donors (Lipinski definition) is 2. The molecular formula is C16H18N2OS. The lowest BCUT2D eigenvalue weighted by Gasteiger charge is -2.19. The third-order valence-electron chi connectivity index (χ3n) is 3.98. The average Bonchev–Trinajstić information content (AvgIpc) is 3.01. The van der Waals surface area contributed by atoms with Gasteiger partial charge in [0.05, 0.1) is 11.5 Å². The second-order valence-corrected chi connectivity index (χ2v) is 6.60. The average molecular weight is 286 g/mol. The lowest BCUT2D eigenvalue weighted by Crippen LogP contribution is -2.27. The van der Waals surface area contributed by atoms with Crippen molar-refractivity contribution in [3.8, 4) is 0 Å². The predicted molar refractivity (Wildman–Crippen MR) is 83.3 cm³/mol. The van der Waals surface area contributed by atoms with Crippen LogP contribution in [0.1, 0.15) is 35.9 Å². The van der Waals surface area contributed by atoms with Gasteiger partial charge in [-0.25, -0.2) is 0 Å². The van der Waals surface area contributed by atoms with Crippen LogP contribution in [0.5, 0.6) is 0 Å². The van der Waals surface area contributed by atoms with E-state index in [1.807, 2.05) is 27.0 Å². The van der Waals surface area contributed by atoms with Crippen LogP contribution in [0.4, 0.5) is 5.69 Å². The van der Waals surface area contributed by atoms with Crippen LogP contribution in [-0.4, -0.2) is 13.0 Å². The maximum atomic E-state index is 12.0. The maximum Gasteiger partial charge on any atom is 0.234 e.